The maximum absolute atomic E-state index is 13.1. The molecule has 1 heterocycles. The summed E-state index contributed by atoms with van der Waals surface area (Å²) in [6, 6.07) is 12.4. The fourth-order valence-electron chi connectivity index (χ4n) is 2.76. The molecule has 0 spiro atoms. The van der Waals surface area contributed by atoms with Crippen molar-refractivity contribution in [1.29, 1.82) is 0 Å². The third kappa shape index (κ3) is 5.78. The summed E-state index contributed by atoms with van der Waals surface area (Å²) in [4.78, 5) is 23.8. The monoisotopic (exact) mass is 442 g/mol. The molecule has 7 nitrogen and oxygen atoms in total. The van der Waals surface area contributed by atoms with E-state index >= 15 is 0 Å². The van der Waals surface area contributed by atoms with Gasteiger partial charge >= 0.3 is 0 Å². The number of hydrogen-bond donors (Lipinski definition) is 2. The molecule has 0 saturated heterocycles. The van der Waals surface area contributed by atoms with Crippen LogP contribution in [0.15, 0.2) is 54.6 Å². The highest BCUT2D eigenvalue weighted by atomic mass is 35.5. The molecule has 1 aromatic heterocycles. The van der Waals surface area contributed by atoms with Crippen LogP contribution in [0.4, 0.5) is 15.8 Å². The van der Waals surface area contributed by atoms with E-state index in [2.05, 4.69) is 15.7 Å². The number of aryl methyl sites for hydroxylation is 1. The summed E-state index contributed by atoms with van der Waals surface area (Å²) < 4.78 is 19.4. The first-order valence-electron chi connectivity index (χ1n) is 9.26. The molecule has 9 heteroatoms. The molecule has 2 aromatic carbocycles. The highest BCUT2D eigenvalue weighted by Gasteiger charge is 2.13. The SMILES string of the molecule is COCC(=O)Nc1ccc(NC(=O)/C=C/c2c(C)nn(-c3ccc(F)cc3)c2Cl)cc1. The Morgan fingerprint density at radius 3 is 2.32 bits per heavy atom. The van der Waals surface area contributed by atoms with Crippen LogP contribution in [0, 0.1) is 12.7 Å². The van der Waals surface area contributed by atoms with Crippen LogP contribution < -0.4 is 10.6 Å². The molecule has 0 atom stereocenters. The summed E-state index contributed by atoms with van der Waals surface area (Å²) in [6.45, 7) is 1.73. The summed E-state index contributed by atoms with van der Waals surface area (Å²) in [7, 11) is 1.44. The van der Waals surface area contributed by atoms with Gasteiger partial charge in [0.25, 0.3) is 0 Å². The number of amides is 2. The van der Waals surface area contributed by atoms with Crippen molar-refractivity contribution in [3.8, 4) is 5.69 Å². The lowest BCUT2D eigenvalue weighted by Crippen LogP contribution is -2.17. The van der Waals surface area contributed by atoms with E-state index in [4.69, 9.17) is 16.3 Å². The van der Waals surface area contributed by atoms with Gasteiger partial charge in [0.2, 0.25) is 11.8 Å². The Kier molecular flexibility index (Phi) is 7.17. The van der Waals surface area contributed by atoms with Gasteiger partial charge in [-0.1, -0.05) is 11.6 Å². The number of aromatic nitrogens is 2. The number of nitrogens with one attached hydrogen (secondary N) is 2. The number of ether oxygens (including phenoxy) is 1. The Bertz CT molecular complexity index is 1110. The van der Waals surface area contributed by atoms with Gasteiger partial charge in [-0.15, -0.1) is 0 Å². The van der Waals surface area contributed by atoms with Crippen LogP contribution in [0.5, 0.6) is 0 Å². The van der Waals surface area contributed by atoms with Crippen molar-refractivity contribution >= 4 is 40.9 Å². The van der Waals surface area contributed by atoms with Gasteiger partial charge in [-0.3, -0.25) is 9.59 Å². The average molecular weight is 443 g/mol. The van der Waals surface area contributed by atoms with Crippen molar-refractivity contribution in [1.82, 2.24) is 9.78 Å². The van der Waals surface area contributed by atoms with Gasteiger partial charge in [0.15, 0.2) is 0 Å². The van der Waals surface area contributed by atoms with Gasteiger partial charge in [0.1, 0.15) is 17.6 Å². The van der Waals surface area contributed by atoms with Crippen LogP contribution in [0.25, 0.3) is 11.8 Å². The van der Waals surface area contributed by atoms with Crippen molar-refractivity contribution in [3.63, 3.8) is 0 Å². The van der Waals surface area contributed by atoms with E-state index in [1.807, 2.05) is 0 Å². The first-order valence-corrected chi connectivity index (χ1v) is 9.64. The lowest BCUT2D eigenvalue weighted by Gasteiger charge is -2.06. The number of anilines is 2. The van der Waals surface area contributed by atoms with Crippen molar-refractivity contribution in [2.75, 3.05) is 24.4 Å². The van der Waals surface area contributed by atoms with E-state index in [1.54, 1.807) is 49.4 Å². The lowest BCUT2D eigenvalue weighted by atomic mass is 10.2. The van der Waals surface area contributed by atoms with Crippen LogP contribution in [0.3, 0.4) is 0 Å². The predicted molar refractivity (Wildman–Crippen MR) is 118 cm³/mol. The molecule has 2 amide bonds. The molecule has 0 fully saturated rings. The van der Waals surface area contributed by atoms with Crippen LogP contribution in [0.1, 0.15) is 11.3 Å². The third-order valence-electron chi connectivity index (χ3n) is 4.23. The minimum Gasteiger partial charge on any atom is -0.375 e. The van der Waals surface area contributed by atoms with Gasteiger partial charge < -0.3 is 15.4 Å². The zero-order valence-electron chi connectivity index (χ0n) is 16.9. The topological polar surface area (TPSA) is 85.2 Å². The zero-order valence-corrected chi connectivity index (χ0v) is 17.6. The summed E-state index contributed by atoms with van der Waals surface area (Å²) in [5.41, 5.74) is 2.96. The molecular weight excluding hydrogens is 423 g/mol. The first-order chi connectivity index (χ1) is 14.9. The fourth-order valence-corrected chi connectivity index (χ4v) is 3.10. The standard InChI is InChI=1S/C22H20ClFN4O3/c1-14-19(22(23)28(27-14)18-9-3-15(24)4-10-18)11-12-20(29)25-16-5-7-17(8-6-16)26-21(30)13-31-2/h3-12H,13H2,1-2H3,(H,25,29)(H,26,30)/b12-11+. The van der Waals surface area contributed by atoms with Gasteiger partial charge in [0, 0.05) is 30.1 Å². The van der Waals surface area contributed by atoms with E-state index < -0.39 is 0 Å². The predicted octanol–water partition coefficient (Wildman–Crippen LogP) is 4.21. The molecule has 3 aromatic rings. The Labute approximate surface area is 183 Å². The second-order valence-corrected chi connectivity index (χ2v) is 6.92. The molecule has 2 N–H and O–H groups in total. The molecule has 0 aliphatic carbocycles. The minimum absolute atomic E-state index is 0.0387. The number of halogens is 2. The molecule has 0 saturated carbocycles. The molecule has 3 rings (SSSR count). The van der Waals surface area contributed by atoms with E-state index in [1.165, 1.54) is 30.0 Å². The van der Waals surface area contributed by atoms with E-state index in [0.29, 0.717) is 33.5 Å². The number of carbonyl (C=O) groups excluding carboxylic acids is 2. The highest BCUT2D eigenvalue weighted by Crippen LogP contribution is 2.25. The molecule has 0 radical (unpaired) electrons. The van der Waals surface area contributed by atoms with E-state index in [0.717, 1.165) is 0 Å². The quantitative estimate of drug-likeness (QED) is 0.537. The molecule has 160 valence electrons. The molecule has 0 aliphatic rings. The average Bonchev–Trinajstić information content (AvgIpc) is 3.02. The number of hydrogen-bond acceptors (Lipinski definition) is 4. The maximum Gasteiger partial charge on any atom is 0.250 e. The smallest absolute Gasteiger partial charge is 0.250 e. The molecular formula is C22H20ClFN4O3. The molecule has 0 bridgehead atoms. The Morgan fingerprint density at radius 2 is 1.71 bits per heavy atom. The van der Waals surface area contributed by atoms with Gasteiger partial charge in [-0.25, -0.2) is 9.07 Å². The second-order valence-electron chi connectivity index (χ2n) is 6.56. The summed E-state index contributed by atoms with van der Waals surface area (Å²) in [6.07, 6.45) is 2.92. The maximum atomic E-state index is 13.1. The second kappa shape index (κ2) is 10.0. The normalized spacial score (nSPS) is 11.0. The van der Waals surface area contributed by atoms with Crippen molar-refractivity contribution in [2.45, 2.75) is 6.92 Å². The van der Waals surface area contributed by atoms with Crippen LogP contribution in [0.2, 0.25) is 5.15 Å². The molecule has 0 aliphatic heterocycles. The van der Waals surface area contributed by atoms with Crippen LogP contribution in [-0.4, -0.2) is 35.3 Å². The number of rotatable bonds is 7. The minimum atomic E-state index is -0.360. The molecule has 0 unspecified atom stereocenters. The first kappa shape index (κ1) is 22.2. The van der Waals surface area contributed by atoms with E-state index in [9.17, 15) is 14.0 Å². The zero-order chi connectivity index (χ0) is 22.4. The largest absolute Gasteiger partial charge is 0.375 e. The van der Waals surface area contributed by atoms with Gasteiger partial charge in [0.05, 0.1) is 11.4 Å². The summed E-state index contributed by atoms with van der Waals surface area (Å²) in [5, 5.41) is 10.1. The highest BCUT2D eigenvalue weighted by molar-refractivity contribution is 6.31. The summed E-state index contributed by atoms with van der Waals surface area (Å²) >= 11 is 6.41. The third-order valence-corrected chi connectivity index (χ3v) is 4.60. The fraction of sp³-hybridized carbons (Fsp3) is 0.136. The number of nitrogens with zero attached hydrogens (tertiary/aromatic N) is 2. The Morgan fingerprint density at radius 1 is 1.10 bits per heavy atom. The van der Waals surface area contributed by atoms with Crippen LogP contribution in [-0.2, 0) is 14.3 Å². The number of carbonyl (C=O) groups is 2. The Hall–Kier alpha value is -3.49. The van der Waals surface area contributed by atoms with Crippen molar-refractivity contribution < 1.29 is 18.7 Å². The number of methoxy groups -OCH3 is 1. The van der Waals surface area contributed by atoms with Gasteiger partial charge in [-0.05, 0) is 61.5 Å². The van der Waals surface area contributed by atoms with Crippen molar-refractivity contribution in [3.05, 3.63) is 76.8 Å². The Balaban J connectivity index is 1.66. The summed E-state index contributed by atoms with van der Waals surface area (Å²) in [5.74, 6) is -0.984. The number of benzene rings is 2. The van der Waals surface area contributed by atoms with Crippen molar-refractivity contribution in [2.24, 2.45) is 0 Å². The van der Waals surface area contributed by atoms with E-state index in [-0.39, 0.29) is 24.2 Å². The lowest BCUT2D eigenvalue weighted by molar-refractivity contribution is -0.119. The van der Waals surface area contributed by atoms with Gasteiger partial charge in [-0.2, -0.15) is 5.10 Å². The molecule has 31 heavy (non-hydrogen) atoms. The van der Waals surface area contributed by atoms with Crippen LogP contribution >= 0.6 is 11.6 Å².